The van der Waals surface area contributed by atoms with Crippen LogP contribution in [0, 0.1) is 0 Å². The van der Waals surface area contributed by atoms with Gasteiger partial charge in [-0.25, -0.2) is 4.79 Å². The number of hydrogen-bond donors (Lipinski definition) is 1. The molecule has 1 aromatic heterocycles. The standard InChI is InChI=1S/C17H20BrN3OS/c18-15-10-16(23-13-15)11-19-17(22)21-8-6-20(7-9-21)12-14-4-2-1-3-5-14/h1-5,10,13H,6-9,11-12H2,(H,19,22). The van der Waals surface area contributed by atoms with Gasteiger partial charge in [-0.2, -0.15) is 0 Å². The van der Waals surface area contributed by atoms with Crippen LogP contribution in [0.25, 0.3) is 0 Å². The maximum absolute atomic E-state index is 12.2. The smallest absolute Gasteiger partial charge is 0.317 e. The highest BCUT2D eigenvalue weighted by molar-refractivity contribution is 9.10. The number of piperazine rings is 1. The molecule has 23 heavy (non-hydrogen) atoms. The number of rotatable bonds is 4. The predicted octanol–water partition coefficient (Wildman–Crippen LogP) is 3.54. The first kappa shape index (κ1) is 16.5. The lowest BCUT2D eigenvalue weighted by atomic mass is 10.2. The van der Waals surface area contributed by atoms with Crippen molar-refractivity contribution in [3.8, 4) is 0 Å². The molecule has 4 nitrogen and oxygen atoms in total. The van der Waals surface area contributed by atoms with Gasteiger partial charge in [-0.15, -0.1) is 11.3 Å². The Morgan fingerprint density at radius 2 is 1.91 bits per heavy atom. The molecule has 1 fully saturated rings. The molecule has 0 aliphatic carbocycles. The van der Waals surface area contributed by atoms with Crippen LogP contribution in [0.3, 0.4) is 0 Å². The third-order valence-electron chi connectivity index (χ3n) is 3.94. The second-order valence-corrected chi connectivity index (χ2v) is 7.55. The molecule has 1 aromatic carbocycles. The molecule has 0 saturated carbocycles. The van der Waals surface area contributed by atoms with Gasteiger partial charge < -0.3 is 10.2 Å². The molecule has 0 radical (unpaired) electrons. The van der Waals surface area contributed by atoms with Crippen molar-refractivity contribution in [1.29, 1.82) is 0 Å². The lowest BCUT2D eigenvalue weighted by Gasteiger charge is -2.34. The Morgan fingerprint density at radius 1 is 1.17 bits per heavy atom. The van der Waals surface area contributed by atoms with Crippen LogP contribution in [0.15, 0.2) is 46.3 Å². The van der Waals surface area contributed by atoms with Gasteiger partial charge in [0.15, 0.2) is 0 Å². The van der Waals surface area contributed by atoms with Crippen LogP contribution in [0.4, 0.5) is 4.79 Å². The highest BCUT2D eigenvalue weighted by Gasteiger charge is 2.20. The largest absolute Gasteiger partial charge is 0.333 e. The van der Waals surface area contributed by atoms with E-state index in [9.17, 15) is 4.79 Å². The predicted molar refractivity (Wildman–Crippen MR) is 97.5 cm³/mol. The zero-order valence-electron chi connectivity index (χ0n) is 12.9. The molecule has 1 aliphatic heterocycles. The van der Waals surface area contributed by atoms with Crippen molar-refractivity contribution in [3.05, 3.63) is 56.7 Å². The maximum Gasteiger partial charge on any atom is 0.317 e. The Kier molecular flexibility index (Phi) is 5.70. The van der Waals surface area contributed by atoms with Gasteiger partial charge in [0, 0.05) is 47.5 Å². The summed E-state index contributed by atoms with van der Waals surface area (Å²) in [7, 11) is 0. The van der Waals surface area contributed by atoms with E-state index in [4.69, 9.17) is 0 Å². The summed E-state index contributed by atoms with van der Waals surface area (Å²) in [5, 5.41) is 5.04. The van der Waals surface area contributed by atoms with Crippen LogP contribution in [0.1, 0.15) is 10.4 Å². The van der Waals surface area contributed by atoms with Crippen LogP contribution in [0.2, 0.25) is 0 Å². The molecule has 0 atom stereocenters. The normalized spacial score (nSPS) is 15.6. The van der Waals surface area contributed by atoms with E-state index in [1.54, 1.807) is 11.3 Å². The highest BCUT2D eigenvalue weighted by atomic mass is 79.9. The zero-order valence-corrected chi connectivity index (χ0v) is 15.3. The minimum absolute atomic E-state index is 0.0360. The van der Waals surface area contributed by atoms with E-state index in [-0.39, 0.29) is 6.03 Å². The summed E-state index contributed by atoms with van der Waals surface area (Å²) in [5.74, 6) is 0. The van der Waals surface area contributed by atoms with Crippen molar-refractivity contribution in [2.24, 2.45) is 0 Å². The highest BCUT2D eigenvalue weighted by Crippen LogP contribution is 2.19. The number of carbonyl (C=O) groups is 1. The van der Waals surface area contributed by atoms with Crippen LogP contribution < -0.4 is 5.32 Å². The van der Waals surface area contributed by atoms with Gasteiger partial charge in [0.25, 0.3) is 0 Å². The first-order chi connectivity index (χ1) is 11.2. The number of halogens is 1. The van der Waals surface area contributed by atoms with Crippen molar-refractivity contribution in [1.82, 2.24) is 15.1 Å². The third-order valence-corrected chi connectivity index (χ3v) is 5.64. The van der Waals surface area contributed by atoms with E-state index >= 15 is 0 Å². The number of carbonyl (C=O) groups excluding carboxylic acids is 1. The maximum atomic E-state index is 12.2. The molecule has 2 heterocycles. The molecule has 2 amide bonds. The first-order valence-electron chi connectivity index (χ1n) is 7.73. The summed E-state index contributed by atoms with van der Waals surface area (Å²) in [6, 6.07) is 12.6. The molecule has 122 valence electrons. The van der Waals surface area contributed by atoms with Crippen molar-refractivity contribution in [3.63, 3.8) is 0 Å². The van der Waals surface area contributed by atoms with E-state index in [1.807, 2.05) is 22.4 Å². The number of amides is 2. The number of hydrogen-bond acceptors (Lipinski definition) is 3. The summed E-state index contributed by atoms with van der Waals surface area (Å²) in [4.78, 5) is 17.7. The van der Waals surface area contributed by atoms with Gasteiger partial charge in [-0.1, -0.05) is 30.3 Å². The van der Waals surface area contributed by atoms with E-state index in [0.717, 1.165) is 42.1 Å². The molecule has 0 unspecified atom stereocenters. The van der Waals surface area contributed by atoms with E-state index < -0.39 is 0 Å². The lowest BCUT2D eigenvalue weighted by molar-refractivity contribution is 0.135. The zero-order chi connectivity index (χ0) is 16.1. The second kappa shape index (κ2) is 7.95. The molecule has 2 aromatic rings. The molecule has 0 spiro atoms. The summed E-state index contributed by atoms with van der Waals surface area (Å²) < 4.78 is 1.07. The van der Waals surface area contributed by atoms with E-state index in [1.165, 1.54) is 5.56 Å². The third kappa shape index (κ3) is 4.80. The monoisotopic (exact) mass is 393 g/mol. The van der Waals surface area contributed by atoms with Gasteiger partial charge in [-0.05, 0) is 27.6 Å². The van der Waals surface area contributed by atoms with Crippen molar-refractivity contribution in [2.75, 3.05) is 26.2 Å². The number of nitrogens with one attached hydrogen (secondary N) is 1. The van der Waals surface area contributed by atoms with Crippen molar-refractivity contribution >= 4 is 33.3 Å². The average Bonchev–Trinajstić information content (AvgIpc) is 3.00. The van der Waals surface area contributed by atoms with Crippen LogP contribution in [0.5, 0.6) is 0 Å². The summed E-state index contributed by atoms with van der Waals surface area (Å²) >= 11 is 5.08. The molecule has 0 bridgehead atoms. The summed E-state index contributed by atoms with van der Waals surface area (Å²) in [6.45, 7) is 4.97. The Hall–Kier alpha value is -1.37. The van der Waals surface area contributed by atoms with Gasteiger partial charge >= 0.3 is 6.03 Å². The van der Waals surface area contributed by atoms with E-state index in [0.29, 0.717) is 6.54 Å². The minimum atomic E-state index is 0.0360. The Balaban J connectivity index is 1.42. The molecule has 6 heteroatoms. The van der Waals surface area contributed by atoms with Crippen molar-refractivity contribution < 1.29 is 4.79 Å². The van der Waals surface area contributed by atoms with Crippen LogP contribution >= 0.6 is 27.3 Å². The minimum Gasteiger partial charge on any atom is -0.333 e. The van der Waals surface area contributed by atoms with Crippen molar-refractivity contribution in [2.45, 2.75) is 13.1 Å². The van der Waals surface area contributed by atoms with E-state index in [2.05, 4.69) is 50.4 Å². The Bertz CT molecular complexity index is 638. The molecule has 1 aliphatic rings. The van der Waals surface area contributed by atoms with Crippen LogP contribution in [-0.2, 0) is 13.1 Å². The molecule has 1 saturated heterocycles. The molecular weight excluding hydrogens is 374 g/mol. The second-order valence-electron chi connectivity index (χ2n) is 5.64. The molecule has 1 N–H and O–H groups in total. The quantitative estimate of drug-likeness (QED) is 0.861. The fourth-order valence-electron chi connectivity index (χ4n) is 2.67. The number of thiophene rings is 1. The Labute approximate surface area is 149 Å². The fourth-order valence-corrected chi connectivity index (χ4v) is 4.06. The molecule has 3 rings (SSSR count). The fraction of sp³-hybridized carbons (Fsp3) is 0.353. The first-order valence-corrected chi connectivity index (χ1v) is 9.40. The molecular formula is C17H20BrN3OS. The summed E-state index contributed by atoms with van der Waals surface area (Å²) in [6.07, 6.45) is 0. The van der Waals surface area contributed by atoms with Crippen LogP contribution in [-0.4, -0.2) is 42.0 Å². The van der Waals surface area contributed by atoms with Gasteiger partial charge in [0.2, 0.25) is 0 Å². The SMILES string of the molecule is O=C(NCc1cc(Br)cs1)N1CCN(Cc2ccccc2)CC1. The number of benzene rings is 1. The lowest BCUT2D eigenvalue weighted by Crippen LogP contribution is -2.51. The van der Waals surface area contributed by atoms with Gasteiger partial charge in [0.1, 0.15) is 0 Å². The summed E-state index contributed by atoms with van der Waals surface area (Å²) in [5.41, 5.74) is 1.33. The number of urea groups is 1. The van der Waals surface area contributed by atoms with Gasteiger partial charge in [0.05, 0.1) is 6.54 Å². The average molecular weight is 394 g/mol. The Morgan fingerprint density at radius 3 is 2.57 bits per heavy atom. The van der Waals surface area contributed by atoms with Gasteiger partial charge in [-0.3, -0.25) is 4.90 Å². The number of nitrogens with zero attached hydrogens (tertiary/aromatic N) is 2. The topological polar surface area (TPSA) is 35.6 Å².